The molecule has 1 aliphatic rings. The average Bonchev–Trinajstić information content (AvgIpc) is 3.04. The van der Waals surface area contributed by atoms with E-state index in [1.807, 2.05) is 38.1 Å². The van der Waals surface area contributed by atoms with Gasteiger partial charge >= 0.3 is 0 Å². The van der Waals surface area contributed by atoms with E-state index < -0.39 is 0 Å². The van der Waals surface area contributed by atoms with Crippen molar-refractivity contribution in [2.24, 2.45) is 5.92 Å². The third-order valence-corrected chi connectivity index (χ3v) is 6.71. The first-order valence-corrected chi connectivity index (χ1v) is 10.8. The summed E-state index contributed by atoms with van der Waals surface area (Å²) >= 11 is 1.43. The number of nitrogens with zero attached hydrogens (tertiary/aromatic N) is 3. The number of carbonyl (C=O) groups is 1. The number of hydrogen-bond acceptors (Lipinski definition) is 6. The molecule has 4 rings (SSSR count). The summed E-state index contributed by atoms with van der Waals surface area (Å²) in [7, 11) is 1.60. The van der Waals surface area contributed by atoms with Gasteiger partial charge in [0.15, 0.2) is 0 Å². The number of fused-ring (bicyclic) bond motifs is 1. The molecule has 1 aliphatic heterocycles. The SMILES string of the molecule is COc1ccccc1NC(=O)c1sc2nc(C)nc(N3CCC(C)CC3)c2c1C. The van der Waals surface area contributed by atoms with Gasteiger partial charge in [0.2, 0.25) is 0 Å². The molecule has 29 heavy (non-hydrogen) atoms. The van der Waals surface area contributed by atoms with Crippen LogP contribution in [0.3, 0.4) is 0 Å². The third kappa shape index (κ3) is 3.79. The fourth-order valence-electron chi connectivity index (χ4n) is 3.81. The van der Waals surface area contributed by atoms with Crippen LogP contribution in [-0.2, 0) is 0 Å². The predicted octanol–water partition coefficient (Wildman–Crippen LogP) is 4.81. The number of aryl methyl sites for hydroxylation is 2. The highest BCUT2D eigenvalue weighted by Gasteiger charge is 2.25. The highest BCUT2D eigenvalue weighted by atomic mass is 32.1. The lowest BCUT2D eigenvalue weighted by Gasteiger charge is -2.31. The number of anilines is 2. The van der Waals surface area contributed by atoms with Gasteiger partial charge in [-0.15, -0.1) is 11.3 Å². The maximum absolute atomic E-state index is 13.1. The van der Waals surface area contributed by atoms with Crippen LogP contribution in [0.4, 0.5) is 11.5 Å². The second-order valence-electron chi connectivity index (χ2n) is 7.65. The first kappa shape index (κ1) is 19.6. The maximum Gasteiger partial charge on any atom is 0.266 e. The summed E-state index contributed by atoms with van der Waals surface area (Å²) in [4.78, 5) is 26.3. The second-order valence-corrected chi connectivity index (χ2v) is 8.65. The standard InChI is InChI=1S/C22H26N4O2S/c1-13-9-11-26(12-10-13)20-18-14(2)19(29-22(18)24-15(3)23-20)21(27)25-16-7-5-6-8-17(16)28-4/h5-8,13H,9-12H2,1-4H3,(H,25,27). The summed E-state index contributed by atoms with van der Waals surface area (Å²) in [5.41, 5.74) is 1.59. The zero-order valence-corrected chi connectivity index (χ0v) is 18.1. The molecule has 3 aromatic rings. The Balaban J connectivity index is 1.72. The lowest BCUT2D eigenvalue weighted by molar-refractivity contribution is 0.102. The minimum Gasteiger partial charge on any atom is -0.495 e. The first-order chi connectivity index (χ1) is 14.0. The van der Waals surface area contributed by atoms with Crippen molar-refractivity contribution < 1.29 is 9.53 Å². The molecular formula is C22H26N4O2S. The summed E-state index contributed by atoms with van der Waals surface area (Å²) in [6.07, 6.45) is 2.32. The molecule has 0 aliphatic carbocycles. The Morgan fingerprint density at radius 2 is 1.93 bits per heavy atom. The van der Waals surface area contributed by atoms with E-state index in [0.29, 0.717) is 16.3 Å². The molecule has 1 N–H and O–H groups in total. The third-order valence-electron chi connectivity index (χ3n) is 5.53. The Bertz CT molecular complexity index is 1050. The highest BCUT2D eigenvalue weighted by molar-refractivity contribution is 7.20. The van der Waals surface area contributed by atoms with Crippen molar-refractivity contribution in [3.63, 3.8) is 0 Å². The topological polar surface area (TPSA) is 67.3 Å². The van der Waals surface area contributed by atoms with E-state index in [4.69, 9.17) is 9.72 Å². The van der Waals surface area contributed by atoms with Gasteiger partial charge < -0.3 is 15.0 Å². The van der Waals surface area contributed by atoms with E-state index in [1.54, 1.807) is 7.11 Å². The maximum atomic E-state index is 13.1. The zero-order chi connectivity index (χ0) is 20.5. The second kappa shape index (κ2) is 7.99. The average molecular weight is 411 g/mol. The van der Waals surface area contributed by atoms with Gasteiger partial charge in [-0.05, 0) is 50.3 Å². The number of aromatic nitrogens is 2. The summed E-state index contributed by atoms with van der Waals surface area (Å²) in [5.74, 6) is 2.94. The van der Waals surface area contributed by atoms with Crippen LogP contribution in [0.25, 0.3) is 10.2 Å². The van der Waals surface area contributed by atoms with Gasteiger partial charge in [-0.25, -0.2) is 9.97 Å². The number of thiophene rings is 1. The van der Waals surface area contributed by atoms with Crippen molar-refractivity contribution in [2.45, 2.75) is 33.6 Å². The van der Waals surface area contributed by atoms with Crippen LogP contribution < -0.4 is 15.0 Å². The van der Waals surface area contributed by atoms with Gasteiger partial charge in [0, 0.05) is 13.1 Å². The molecule has 0 spiro atoms. The molecule has 0 saturated carbocycles. The molecule has 3 heterocycles. The summed E-state index contributed by atoms with van der Waals surface area (Å²) in [5, 5.41) is 3.98. The molecule has 1 amide bonds. The molecule has 0 bridgehead atoms. The van der Waals surface area contributed by atoms with Gasteiger partial charge in [0.25, 0.3) is 5.91 Å². The fraction of sp³-hybridized carbons (Fsp3) is 0.409. The van der Waals surface area contributed by atoms with Crippen LogP contribution in [0.2, 0.25) is 0 Å². The van der Waals surface area contributed by atoms with E-state index in [1.165, 1.54) is 11.3 Å². The van der Waals surface area contributed by atoms with Crippen molar-refractivity contribution in [1.29, 1.82) is 0 Å². The minimum atomic E-state index is -0.147. The van der Waals surface area contributed by atoms with Crippen molar-refractivity contribution in [1.82, 2.24) is 9.97 Å². The van der Waals surface area contributed by atoms with Crippen LogP contribution in [-0.4, -0.2) is 36.1 Å². The van der Waals surface area contributed by atoms with Crippen LogP contribution in [0, 0.1) is 19.8 Å². The van der Waals surface area contributed by atoms with E-state index in [2.05, 4.69) is 22.1 Å². The lowest BCUT2D eigenvalue weighted by atomic mass is 9.99. The number of piperidine rings is 1. The number of nitrogens with one attached hydrogen (secondary N) is 1. The number of rotatable bonds is 4. The van der Waals surface area contributed by atoms with Gasteiger partial charge in [0.05, 0.1) is 23.1 Å². The normalized spacial score (nSPS) is 15.0. The van der Waals surface area contributed by atoms with Crippen LogP contribution in [0.15, 0.2) is 24.3 Å². The number of ether oxygens (including phenoxy) is 1. The number of para-hydroxylation sites is 2. The number of methoxy groups -OCH3 is 1. The Morgan fingerprint density at radius 3 is 2.66 bits per heavy atom. The number of hydrogen-bond donors (Lipinski definition) is 1. The highest BCUT2D eigenvalue weighted by Crippen LogP contribution is 2.37. The van der Waals surface area contributed by atoms with E-state index in [0.717, 1.165) is 59.3 Å². The Morgan fingerprint density at radius 1 is 1.21 bits per heavy atom. The Hall–Kier alpha value is -2.67. The van der Waals surface area contributed by atoms with Crippen molar-refractivity contribution >= 4 is 39.0 Å². The summed E-state index contributed by atoms with van der Waals surface area (Å²) < 4.78 is 5.35. The molecule has 7 heteroatoms. The molecule has 1 fully saturated rings. The Labute approximate surface area is 174 Å². The van der Waals surface area contributed by atoms with Gasteiger partial charge in [-0.1, -0.05) is 19.1 Å². The number of benzene rings is 1. The molecule has 152 valence electrons. The molecule has 2 aromatic heterocycles. The summed E-state index contributed by atoms with van der Waals surface area (Å²) in [6, 6.07) is 7.42. The molecule has 0 unspecified atom stereocenters. The van der Waals surface area contributed by atoms with Gasteiger partial charge in [-0.3, -0.25) is 4.79 Å². The van der Waals surface area contributed by atoms with Gasteiger partial charge in [-0.2, -0.15) is 0 Å². The van der Waals surface area contributed by atoms with Crippen molar-refractivity contribution in [3.05, 3.63) is 40.5 Å². The lowest BCUT2D eigenvalue weighted by Crippen LogP contribution is -2.33. The van der Waals surface area contributed by atoms with Crippen molar-refractivity contribution in [3.8, 4) is 5.75 Å². The van der Waals surface area contributed by atoms with E-state index in [-0.39, 0.29) is 5.91 Å². The van der Waals surface area contributed by atoms with Crippen LogP contribution in [0.5, 0.6) is 5.75 Å². The smallest absolute Gasteiger partial charge is 0.266 e. The molecular weight excluding hydrogens is 384 g/mol. The fourth-order valence-corrected chi connectivity index (χ4v) is 4.93. The number of amides is 1. The Kier molecular flexibility index (Phi) is 5.41. The molecule has 6 nitrogen and oxygen atoms in total. The van der Waals surface area contributed by atoms with E-state index >= 15 is 0 Å². The molecule has 0 atom stereocenters. The van der Waals surface area contributed by atoms with Gasteiger partial charge in [0.1, 0.15) is 22.2 Å². The predicted molar refractivity (Wildman–Crippen MR) is 118 cm³/mol. The van der Waals surface area contributed by atoms with E-state index in [9.17, 15) is 4.79 Å². The minimum absolute atomic E-state index is 0.147. The monoisotopic (exact) mass is 410 g/mol. The van der Waals surface area contributed by atoms with Crippen LogP contribution in [0.1, 0.15) is 40.8 Å². The number of carbonyl (C=O) groups excluding carboxylic acids is 1. The first-order valence-electron chi connectivity index (χ1n) is 9.95. The van der Waals surface area contributed by atoms with Crippen molar-refractivity contribution in [2.75, 3.05) is 30.4 Å². The largest absolute Gasteiger partial charge is 0.495 e. The molecule has 1 aromatic carbocycles. The summed E-state index contributed by atoms with van der Waals surface area (Å²) in [6.45, 7) is 8.19. The molecule has 0 radical (unpaired) electrons. The zero-order valence-electron chi connectivity index (χ0n) is 17.3. The van der Waals surface area contributed by atoms with Crippen LogP contribution >= 0.6 is 11.3 Å². The quantitative estimate of drug-likeness (QED) is 0.669. The molecule has 1 saturated heterocycles.